The summed E-state index contributed by atoms with van der Waals surface area (Å²) in [5.41, 5.74) is 2.58. The fourth-order valence-corrected chi connectivity index (χ4v) is 2.91. The summed E-state index contributed by atoms with van der Waals surface area (Å²) in [7, 11) is 1.65. The van der Waals surface area contributed by atoms with E-state index in [2.05, 4.69) is 11.9 Å². The standard InChI is InChI=1S/C19H22N2O2/c1-14-6-8-21(9-7-14)19(22)17-10-16(12-20-13-17)15-4-3-5-18(11-15)23-2/h3-5,10-14H,6-9H2,1-2H3. The molecule has 0 radical (unpaired) electrons. The number of hydrogen-bond acceptors (Lipinski definition) is 3. The topological polar surface area (TPSA) is 42.4 Å². The SMILES string of the molecule is COc1cccc(-c2cncc(C(=O)N3CCC(C)CC3)c2)c1. The number of nitrogens with zero attached hydrogens (tertiary/aromatic N) is 2. The van der Waals surface area contributed by atoms with Gasteiger partial charge in [0.2, 0.25) is 0 Å². The Morgan fingerprint density at radius 2 is 1.96 bits per heavy atom. The summed E-state index contributed by atoms with van der Waals surface area (Å²) in [6.45, 7) is 3.92. The molecule has 1 fully saturated rings. The van der Waals surface area contributed by atoms with Crippen LogP contribution in [-0.2, 0) is 0 Å². The van der Waals surface area contributed by atoms with Crippen LogP contribution < -0.4 is 4.74 Å². The van der Waals surface area contributed by atoms with Gasteiger partial charge in [-0.15, -0.1) is 0 Å². The van der Waals surface area contributed by atoms with Gasteiger partial charge in [-0.2, -0.15) is 0 Å². The largest absolute Gasteiger partial charge is 0.497 e. The molecule has 23 heavy (non-hydrogen) atoms. The highest BCUT2D eigenvalue weighted by molar-refractivity contribution is 5.95. The van der Waals surface area contributed by atoms with E-state index in [1.54, 1.807) is 19.5 Å². The Kier molecular flexibility index (Phi) is 4.60. The third-order valence-electron chi connectivity index (χ3n) is 4.46. The van der Waals surface area contributed by atoms with Gasteiger partial charge >= 0.3 is 0 Å². The van der Waals surface area contributed by atoms with E-state index in [4.69, 9.17) is 4.74 Å². The van der Waals surface area contributed by atoms with Crippen LogP contribution in [0.5, 0.6) is 5.75 Å². The summed E-state index contributed by atoms with van der Waals surface area (Å²) in [4.78, 5) is 18.9. The Morgan fingerprint density at radius 3 is 2.70 bits per heavy atom. The number of amides is 1. The third kappa shape index (κ3) is 3.52. The van der Waals surface area contributed by atoms with Crippen LogP contribution in [0.1, 0.15) is 30.1 Å². The van der Waals surface area contributed by atoms with Gasteiger partial charge in [0.25, 0.3) is 5.91 Å². The Bertz CT molecular complexity index is 691. The van der Waals surface area contributed by atoms with Gasteiger partial charge in [0.1, 0.15) is 5.75 Å². The number of aromatic nitrogens is 1. The fraction of sp³-hybridized carbons (Fsp3) is 0.368. The third-order valence-corrected chi connectivity index (χ3v) is 4.46. The number of ether oxygens (including phenoxy) is 1. The number of likely N-dealkylation sites (tertiary alicyclic amines) is 1. The second kappa shape index (κ2) is 6.82. The number of benzene rings is 1. The maximum atomic E-state index is 12.7. The fourth-order valence-electron chi connectivity index (χ4n) is 2.91. The van der Waals surface area contributed by atoms with Crippen LogP contribution in [0, 0.1) is 5.92 Å². The molecule has 0 N–H and O–H groups in total. The first kappa shape index (κ1) is 15.5. The number of pyridine rings is 1. The second-order valence-corrected chi connectivity index (χ2v) is 6.17. The molecule has 2 heterocycles. The number of rotatable bonds is 3. The zero-order valence-electron chi connectivity index (χ0n) is 13.7. The van der Waals surface area contributed by atoms with Crippen LogP contribution >= 0.6 is 0 Å². The zero-order chi connectivity index (χ0) is 16.2. The smallest absolute Gasteiger partial charge is 0.255 e. The highest BCUT2D eigenvalue weighted by Crippen LogP contribution is 2.25. The lowest BCUT2D eigenvalue weighted by atomic mass is 9.98. The zero-order valence-corrected chi connectivity index (χ0v) is 13.7. The van der Waals surface area contributed by atoms with Crippen LogP contribution in [0.25, 0.3) is 11.1 Å². The van der Waals surface area contributed by atoms with Crippen molar-refractivity contribution in [3.05, 3.63) is 48.3 Å². The summed E-state index contributed by atoms with van der Waals surface area (Å²) >= 11 is 0. The van der Waals surface area contributed by atoms with Gasteiger partial charge in [-0.1, -0.05) is 19.1 Å². The van der Waals surface area contributed by atoms with Crippen LogP contribution in [0.2, 0.25) is 0 Å². The summed E-state index contributed by atoms with van der Waals surface area (Å²) in [6.07, 6.45) is 5.59. The lowest BCUT2D eigenvalue weighted by Gasteiger charge is -2.30. The van der Waals surface area contributed by atoms with Crippen molar-refractivity contribution in [1.29, 1.82) is 0 Å². The molecule has 1 aromatic heterocycles. The molecule has 1 aliphatic rings. The summed E-state index contributed by atoms with van der Waals surface area (Å²) in [5.74, 6) is 1.58. The first-order valence-corrected chi connectivity index (χ1v) is 8.06. The number of hydrogen-bond donors (Lipinski definition) is 0. The lowest BCUT2D eigenvalue weighted by molar-refractivity contribution is 0.0697. The first-order valence-electron chi connectivity index (χ1n) is 8.06. The predicted octanol–water partition coefficient (Wildman–Crippen LogP) is 3.63. The van der Waals surface area contributed by atoms with Crippen molar-refractivity contribution in [3.63, 3.8) is 0 Å². The summed E-state index contributed by atoms with van der Waals surface area (Å²) in [5, 5.41) is 0. The predicted molar refractivity (Wildman–Crippen MR) is 90.5 cm³/mol. The molecule has 0 aliphatic carbocycles. The van der Waals surface area contributed by atoms with Crippen LogP contribution in [0.4, 0.5) is 0 Å². The van der Waals surface area contributed by atoms with E-state index in [0.29, 0.717) is 11.5 Å². The molecular formula is C19H22N2O2. The van der Waals surface area contributed by atoms with Gasteiger partial charge in [0.05, 0.1) is 12.7 Å². The van der Waals surface area contributed by atoms with E-state index < -0.39 is 0 Å². The highest BCUT2D eigenvalue weighted by atomic mass is 16.5. The molecule has 3 rings (SSSR count). The molecule has 1 aromatic carbocycles. The maximum absolute atomic E-state index is 12.7. The maximum Gasteiger partial charge on any atom is 0.255 e. The van der Waals surface area contributed by atoms with Gasteiger partial charge in [0, 0.05) is 31.0 Å². The Labute approximate surface area is 137 Å². The molecule has 0 bridgehead atoms. The van der Waals surface area contributed by atoms with Gasteiger partial charge in [0.15, 0.2) is 0 Å². The Hall–Kier alpha value is -2.36. The lowest BCUT2D eigenvalue weighted by Crippen LogP contribution is -2.37. The van der Waals surface area contributed by atoms with Crippen LogP contribution in [-0.4, -0.2) is 36.0 Å². The van der Waals surface area contributed by atoms with E-state index in [0.717, 1.165) is 42.8 Å². The molecule has 1 amide bonds. The molecule has 0 unspecified atom stereocenters. The monoisotopic (exact) mass is 310 g/mol. The molecule has 0 spiro atoms. The average molecular weight is 310 g/mol. The van der Waals surface area contributed by atoms with Crippen molar-refractivity contribution in [2.45, 2.75) is 19.8 Å². The summed E-state index contributed by atoms with van der Waals surface area (Å²) in [6, 6.07) is 9.71. The molecule has 120 valence electrons. The molecular weight excluding hydrogens is 288 g/mol. The normalized spacial score (nSPS) is 15.5. The highest BCUT2D eigenvalue weighted by Gasteiger charge is 2.21. The van der Waals surface area contributed by atoms with Crippen molar-refractivity contribution in [1.82, 2.24) is 9.88 Å². The quantitative estimate of drug-likeness (QED) is 0.869. The Morgan fingerprint density at radius 1 is 1.17 bits per heavy atom. The van der Waals surface area contributed by atoms with E-state index in [1.165, 1.54) is 0 Å². The average Bonchev–Trinajstić information content (AvgIpc) is 2.62. The molecule has 4 heteroatoms. The van der Waals surface area contributed by atoms with E-state index >= 15 is 0 Å². The minimum Gasteiger partial charge on any atom is -0.497 e. The van der Waals surface area contributed by atoms with Crippen molar-refractivity contribution >= 4 is 5.91 Å². The molecule has 0 atom stereocenters. The van der Waals surface area contributed by atoms with Crippen molar-refractivity contribution in [2.24, 2.45) is 5.92 Å². The Balaban J connectivity index is 1.83. The molecule has 2 aromatic rings. The van der Waals surface area contributed by atoms with Gasteiger partial charge in [-0.3, -0.25) is 9.78 Å². The minimum absolute atomic E-state index is 0.0779. The van der Waals surface area contributed by atoms with E-state index in [-0.39, 0.29) is 5.91 Å². The summed E-state index contributed by atoms with van der Waals surface area (Å²) < 4.78 is 5.26. The second-order valence-electron chi connectivity index (χ2n) is 6.17. The minimum atomic E-state index is 0.0779. The van der Waals surface area contributed by atoms with Gasteiger partial charge < -0.3 is 9.64 Å². The number of carbonyl (C=O) groups excluding carboxylic acids is 1. The van der Waals surface area contributed by atoms with E-state index in [1.807, 2.05) is 35.2 Å². The van der Waals surface area contributed by atoms with Gasteiger partial charge in [-0.25, -0.2) is 0 Å². The van der Waals surface area contributed by atoms with Crippen LogP contribution in [0.3, 0.4) is 0 Å². The molecule has 0 saturated carbocycles. The van der Waals surface area contributed by atoms with Crippen LogP contribution in [0.15, 0.2) is 42.7 Å². The number of carbonyl (C=O) groups is 1. The molecule has 1 saturated heterocycles. The van der Waals surface area contributed by atoms with Crippen molar-refractivity contribution in [2.75, 3.05) is 20.2 Å². The number of piperidine rings is 1. The van der Waals surface area contributed by atoms with Crippen molar-refractivity contribution in [3.8, 4) is 16.9 Å². The molecule has 1 aliphatic heterocycles. The van der Waals surface area contributed by atoms with Gasteiger partial charge in [-0.05, 0) is 42.5 Å². The first-order chi connectivity index (χ1) is 11.2. The number of methoxy groups -OCH3 is 1. The molecule has 4 nitrogen and oxygen atoms in total. The van der Waals surface area contributed by atoms with E-state index in [9.17, 15) is 4.79 Å². The van der Waals surface area contributed by atoms with Crippen molar-refractivity contribution < 1.29 is 9.53 Å².